The second-order valence-corrected chi connectivity index (χ2v) is 5.66. The highest BCUT2D eigenvalue weighted by Gasteiger charge is 2.27. The lowest BCUT2D eigenvalue weighted by Gasteiger charge is -2.31. The summed E-state index contributed by atoms with van der Waals surface area (Å²) in [4.78, 5) is 15.6. The summed E-state index contributed by atoms with van der Waals surface area (Å²) in [6, 6.07) is 8.12. The zero-order valence-corrected chi connectivity index (χ0v) is 11.6. The van der Waals surface area contributed by atoms with Crippen LogP contribution in [0.25, 0.3) is 0 Å². The molecule has 0 radical (unpaired) electrons. The molecule has 0 saturated heterocycles. The van der Waals surface area contributed by atoms with E-state index in [1.54, 1.807) is 0 Å². The number of para-hydroxylation sites is 1. The number of amides is 1. The minimum absolute atomic E-state index is 0.0360. The normalized spacial score (nSPS) is 16.2. The third-order valence-corrected chi connectivity index (χ3v) is 4.31. The molecule has 1 amide bonds. The molecule has 2 N–H and O–H groups in total. The Morgan fingerprint density at radius 3 is 3.00 bits per heavy atom. The van der Waals surface area contributed by atoms with Crippen molar-refractivity contribution in [3.63, 3.8) is 0 Å². The molecule has 1 atom stereocenters. The van der Waals surface area contributed by atoms with Gasteiger partial charge in [-0.3, -0.25) is 4.79 Å². The number of benzene rings is 1. The molecule has 98 valence electrons. The number of hydrogen-bond donors (Lipinski definition) is 1. The van der Waals surface area contributed by atoms with Gasteiger partial charge in [-0.1, -0.05) is 25.5 Å². The molecule has 1 aromatic rings. The zero-order chi connectivity index (χ0) is 13.0. The van der Waals surface area contributed by atoms with Crippen LogP contribution in [0.3, 0.4) is 0 Å². The summed E-state index contributed by atoms with van der Waals surface area (Å²) in [6.45, 7) is 3.33. The third kappa shape index (κ3) is 2.70. The van der Waals surface area contributed by atoms with Crippen molar-refractivity contribution in [1.29, 1.82) is 0 Å². The average molecular weight is 264 g/mol. The van der Waals surface area contributed by atoms with Gasteiger partial charge in [0.1, 0.15) is 0 Å². The monoisotopic (exact) mass is 264 g/mol. The van der Waals surface area contributed by atoms with Crippen LogP contribution in [0.5, 0.6) is 0 Å². The molecule has 0 aliphatic carbocycles. The van der Waals surface area contributed by atoms with Gasteiger partial charge in [-0.05, 0) is 18.6 Å². The lowest BCUT2D eigenvalue weighted by atomic mass is 10.0. The molecular weight excluding hydrogens is 244 g/mol. The van der Waals surface area contributed by atoms with Crippen molar-refractivity contribution in [3.8, 4) is 0 Å². The topological polar surface area (TPSA) is 46.3 Å². The number of carbonyl (C=O) groups is 1. The van der Waals surface area contributed by atoms with Crippen LogP contribution in [0.2, 0.25) is 0 Å². The summed E-state index contributed by atoms with van der Waals surface area (Å²) in [7, 11) is 0. The van der Waals surface area contributed by atoms with Gasteiger partial charge in [0.2, 0.25) is 5.91 Å². The van der Waals surface area contributed by atoms with Gasteiger partial charge in [0.05, 0.1) is 11.6 Å². The molecule has 0 saturated carbocycles. The van der Waals surface area contributed by atoms with E-state index in [9.17, 15) is 4.79 Å². The van der Waals surface area contributed by atoms with Gasteiger partial charge in [0.15, 0.2) is 0 Å². The molecule has 1 unspecified atom stereocenters. The van der Waals surface area contributed by atoms with Crippen LogP contribution in [0.4, 0.5) is 5.69 Å². The molecule has 0 bridgehead atoms. The predicted molar refractivity (Wildman–Crippen MR) is 77.0 cm³/mol. The summed E-state index contributed by atoms with van der Waals surface area (Å²) >= 11 is 1.82. The van der Waals surface area contributed by atoms with Crippen LogP contribution in [0, 0.1) is 5.92 Å². The van der Waals surface area contributed by atoms with Crippen LogP contribution < -0.4 is 10.6 Å². The number of anilines is 1. The van der Waals surface area contributed by atoms with Crippen molar-refractivity contribution in [3.05, 3.63) is 24.3 Å². The highest BCUT2D eigenvalue weighted by molar-refractivity contribution is 7.99. The molecule has 3 nitrogen and oxygen atoms in total. The second kappa shape index (κ2) is 6.25. The summed E-state index contributed by atoms with van der Waals surface area (Å²) < 4.78 is 0. The molecule has 1 aliphatic heterocycles. The van der Waals surface area contributed by atoms with E-state index in [1.165, 1.54) is 4.90 Å². The Balaban J connectivity index is 2.21. The molecule has 1 aromatic carbocycles. The van der Waals surface area contributed by atoms with Gasteiger partial charge in [0, 0.05) is 23.7 Å². The van der Waals surface area contributed by atoms with Crippen LogP contribution in [-0.4, -0.2) is 24.7 Å². The van der Waals surface area contributed by atoms with Gasteiger partial charge < -0.3 is 10.6 Å². The van der Waals surface area contributed by atoms with Crippen molar-refractivity contribution in [2.75, 3.05) is 23.7 Å². The lowest BCUT2D eigenvalue weighted by molar-refractivity contribution is -0.122. The van der Waals surface area contributed by atoms with Crippen molar-refractivity contribution >= 4 is 23.4 Å². The first-order chi connectivity index (χ1) is 8.77. The fourth-order valence-electron chi connectivity index (χ4n) is 2.31. The Hall–Kier alpha value is -1.00. The molecule has 2 rings (SSSR count). The Kier molecular flexibility index (Phi) is 4.66. The molecule has 0 fully saturated rings. The van der Waals surface area contributed by atoms with Crippen molar-refractivity contribution in [2.45, 2.75) is 24.7 Å². The van der Waals surface area contributed by atoms with E-state index in [0.717, 1.165) is 30.8 Å². The van der Waals surface area contributed by atoms with Gasteiger partial charge in [-0.25, -0.2) is 0 Å². The van der Waals surface area contributed by atoms with Gasteiger partial charge in [0.25, 0.3) is 0 Å². The standard InChI is InChI=1S/C14H20N2OS/c1-2-5-11(10-15)14(17)16-8-9-18-13-7-4-3-6-12(13)16/h3-4,6-7,11H,2,5,8-10,15H2,1H3. The number of nitrogens with zero attached hydrogens (tertiary/aromatic N) is 1. The summed E-state index contributed by atoms with van der Waals surface area (Å²) in [5.41, 5.74) is 6.78. The Bertz CT molecular complexity index is 422. The number of hydrogen-bond acceptors (Lipinski definition) is 3. The van der Waals surface area contributed by atoms with E-state index in [0.29, 0.717) is 6.54 Å². The lowest BCUT2D eigenvalue weighted by Crippen LogP contribution is -2.42. The molecule has 0 spiro atoms. The smallest absolute Gasteiger partial charge is 0.231 e. The van der Waals surface area contributed by atoms with Crippen molar-refractivity contribution in [2.24, 2.45) is 11.7 Å². The first kappa shape index (κ1) is 13.4. The van der Waals surface area contributed by atoms with Gasteiger partial charge in [-0.2, -0.15) is 0 Å². The molecule has 1 aliphatic rings. The fraction of sp³-hybridized carbons (Fsp3) is 0.500. The molecule has 4 heteroatoms. The van der Waals surface area contributed by atoms with E-state index in [1.807, 2.05) is 34.9 Å². The summed E-state index contributed by atoms with van der Waals surface area (Å²) in [5.74, 6) is 1.12. The summed E-state index contributed by atoms with van der Waals surface area (Å²) in [6.07, 6.45) is 1.87. The first-order valence-corrected chi connectivity index (χ1v) is 7.49. The van der Waals surface area contributed by atoms with Gasteiger partial charge >= 0.3 is 0 Å². The maximum Gasteiger partial charge on any atom is 0.231 e. The van der Waals surface area contributed by atoms with E-state index >= 15 is 0 Å². The van der Waals surface area contributed by atoms with Crippen LogP contribution in [0.15, 0.2) is 29.2 Å². The van der Waals surface area contributed by atoms with Crippen LogP contribution >= 0.6 is 11.8 Å². The minimum atomic E-state index is -0.0360. The molecular formula is C14H20N2OS. The minimum Gasteiger partial charge on any atom is -0.330 e. The molecule has 1 heterocycles. The number of rotatable bonds is 4. The van der Waals surface area contributed by atoms with Gasteiger partial charge in [-0.15, -0.1) is 11.8 Å². The average Bonchev–Trinajstić information content (AvgIpc) is 2.43. The van der Waals surface area contributed by atoms with E-state index in [4.69, 9.17) is 5.73 Å². The predicted octanol–water partition coefficient (Wildman–Crippen LogP) is 2.50. The number of carbonyl (C=O) groups excluding carboxylic acids is 1. The zero-order valence-electron chi connectivity index (χ0n) is 10.8. The molecule has 18 heavy (non-hydrogen) atoms. The van der Waals surface area contributed by atoms with E-state index in [-0.39, 0.29) is 11.8 Å². The van der Waals surface area contributed by atoms with Crippen LogP contribution in [0.1, 0.15) is 19.8 Å². The maximum absolute atomic E-state index is 12.5. The number of nitrogens with two attached hydrogens (primary N) is 1. The van der Waals surface area contributed by atoms with E-state index in [2.05, 4.69) is 13.0 Å². The number of thioether (sulfide) groups is 1. The Morgan fingerprint density at radius 1 is 1.50 bits per heavy atom. The Labute approximate surface area is 113 Å². The van der Waals surface area contributed by atoms with Crippen LogP contribution in [-0.2, 0) is 4.79 Å². The van der Waals surface area contributed by atoms with Crippen molar-refractivity contribution < 1.29 is 4.79 Å². The van der Waals surface area contributed by atoms with Crippen molar-refractivity contribution in [1.82, 2.24) is 0 Å². The SMILES string of the molecule is CCCC(CN)C(=O)N1CCSc2ccccc21. The Morgan fingerprint density at radius 2 is 2.28 bits per heavy atom. The molecule has 0 aromatic heterocycles. The highest BCUT2D eigenvalue weighted by Crippen LogP contribution is 2.35. The largest absolute Gasteiger partial charge is 0.330 e. The third-order valence-electron chi connectivity index (χ3n) is 3.27. The first-order valence-electron chi connectivity index (χ1n) is 6.51. The quantitative estimate of drug-likeness (QED) is 0.909. The number of fused-ring (bicyclic) bond motifs is 1. The fourth-order valence-corrected chi connectivity index (χ4v) is 3.30. The summed E-state index contributed by atoms with van der Waals surface area (Å²) in [5, 5.41) is 0. The van der Waals surface area contributed by atoms with E-state index < -0.39 is 0 Å². The maximum atomic E-state index is 12.5. The highest BCUT2D eigenvalue weighted by atomic mass is 32.2. The second-order valence-electron chi connectivity index (χ2n) is 4.53.